The van der Waals surface area contributed by atoms with Gasteiger partial charge in [0.1, 0.15) is 18.1 Å². The Morgan fingerprint density at radius 3 is 2.77 bits per heavy atom. The number of nitrogens with one attached hydrogen (secondary N) is 1. The third-order valence-electron chi connectivity index (χ3n) is 4.73. The van der Waals surface area contributed by atoms with E-state index in [1.165, 1.54) is 11.3 Å². The number of ether oxygens (including phenoxy) is 2. The van der Waals surface area contributed by atoms with Crippen molar-refractivity contribution in [3.05, 3.63) is 53.9 Å². The second kappa shape index (κ2) is 8.96. The van der Waals surface area contributed by atoms with E-state index < -0.39 is 0 Å². The maximum Gasteiger partial charge on any atom is 0.227 e. The number of carbonyl (C=O) groups is 2. The van der Waals surface area contributed by atoms with Crippen molar-refractivity contribution in [2.24, 2.45) is 0 Å². The van der Waals surface area contributed by atoms with Gasteiger partial charge in [-0.2, -0.15) is 0 Å². The molecule has 0 spiro atoms. The summed E-state index contributed by atoms with van der Waals surface area (Å²) in [6, 6.07) is 15.0. The van der Waals surface area contributed by atoms with Crippen LogP contribution < -0.4 is 19.7 Å². The van der Waals surface area contributed by atoms with Crippen molar-refractivity contribution in [1.29, 1.82) is 0 Å². The van der Waals surface area contributed by atoms with Crippen LogP contribution in [0.3, 0.4) is 0 Å². The number of thiazole rings is 1. The quantitative estimate of drug-likeness (QED) is 0.649. The minimum Gasteiger partial charge on any atom is -0.497 e. The van der Waals surface area contributed by atoms with E-state index in [1.54, 1.807) is 12.0 Å². The molecule has 154 valence electrons. The summed E-state index contributed by atoms with van der Waals surface area (Å²) in [5, 5.41) is 5.17. The average molecular weight is 423 g/mol. The highest BCUT2D eigenvalue weighted by molar-refractivity contribution is 7.14. The van der Waals surface area contributed by atoms with E-state index in [0.717, 1.165) is 22.7 Å². The minimum absolute atomic E-state index is 0.0931. The molecular formula is C22H21N3O4S. The van der Waals surface area contributed by atoms with Gasteiger partial charge in [0, 0.05) is 23.8 Å². The number of para-hydroxylation sites is 2. The lowest BCUT2D eigenvalue weighted by Crippen LogP contribution is -2.38. The van der Waals surface area contributed by atoms with Crippen molar-refractivity contribution in [1.82, 2.24) is 4.98 Å². The lowest BCUT2D eigenvalue weighted by atomic mass is 10.2. The molecule has 4 rings (SSSR count). The van der Waals surface area contributed by atoms with Crippen LogP contribution in [-0.2, 0) is 9.59 Å². The van der Waals surface area contributed by atoms with E-state index in [9.17, 15) is 9.59 Å². The third kappa shape index (κ3) is 4.44. The first-order chi connectivity index (χ1) is 14.6. The zero-order valence-electron chi connectivity index (χ0n) is 16.5. The van der Waals surface area contributed by atoms with Crippen molar-refractivity contribution in [2.75, 3.05) is 30.5 Å². The van der Waals surface area contributed by atoms with Crippen molar-refractivity contribution in [3.8, 4) is 22.8 Å². The van der Waals surface area contributed by atoms with E-state index in [-0.39, 0.29) is 24.7 Å². The van der Waals surface area contributed by atoms with Gasteiger partial charge in [0.15, 0.2) is 5.13 Å². The molecule has 0 saturated carbocycles. The second-order valence-corrected chi connectivity index (χ2v) is 7.53. The molecule has 1 aromatic heterocycles. The first kappa shape index (κ1) is 19.9. The molecule has 1 N–H and O–H groups in total. The second-order valence-electron chi connectivity index (χ2n) is 6.68. The Hall–Kier alpha value is -3.39. The summed E-state index contributed by atoms with van der Waals surface area (Å²) < 4.78 is 10.7. The highest BCUT2D eigenvalue weighted by Gasteiger charge is 2.23. The van der Waals surface area contributed by atoms with E-state index >= 15 is 0 Å². The molecule has 0 radical (unpaired) electrons. The maximum atomic E-state index is 12.6. The summed E-state index contributed by atoms with van der Waals surface area (Å²) in [5.74, 6) is 1.13. The van der Waals surface area contributed by atoms with Gasteiger partial charge in [-0.3, -0.25) is 9.59 Å². The summed E-state index contributed by atoms with van der Waals surface area (Å²) in [6.45, 7) is 0.928. The number of anilines is 2. The zero-order chi connectivity index (χ0) is 20.9. The van der Waals surface area contributed by atoms with Crippen LogP contribution in [0.4, 0.5) is 10.8 Å². The maximum absolute atomic E-state index is 12.6. The highest BCUT2D eigenvalue weighted by Crippen LogP contribution is 2.31. The molecule has 0 aliphatic carbocycles. The SMILES string of the molecule is COc1ccc(-c2csc(NC(=O)CCC(=O)N3CCOc4ccccc43)n2)cc1. The third-order valence-corrected chi connectivity index (χ3v) is 5.49. The Morgan fingerprint density at radius 1 is 1.17 bits per heavy atom. The summed E-state index contributed by atoms with van der Waals surface area (Å²) in [6.07, 6.45) is 0.215. The Morgan fingerprint density at radius 2 is 1.97 bits per heavy atom. The number of aromatic nitrogens is 1. The number of rotatable bonds is 6. The van der Waals surface area contributed by atoms with Gasteiger partial charge in [-0.1, -0.05) is 12.1 Å². The average Bonchev–Trinajstić information content (AvgIpc) is 3.25. The molecule has 2 heterocycles. The lowest BCUT2D eigenvalue weighted by molar-refractivity contribution is -0.122. The fourth-order valence-corrected chi connectivity index (χ4v) is 3.93. The van der Waals surface area contributed by atoms with Gasteiger partial charge in [0.25, 0.3) is 0 Å². The van der Waals surface area contributed by atoms with Gasteiger partial charge in [-0.15, -0.1) is 11.3 Å². The normalized spacial score (nSPS) is 12.6. The number of carbonyl (C=O) groups excluding carboxylic acids is 2. The van der Waals surface area contributed by atoms with Crippen LogP contribution in [-0.4, -0.2) is 37.1 Å². The number of fused-ring (bicyclic) bond motifs is 1. The molecule has 2 amide bonds. The van der Waals surface area contributed by atoms with Crippen LogP contribution in [0, 0.1) is 0 Å². The fraction of sp³-hybridized carbons (Fsp3) is 0.227. The van der Waals surface area contributed by atoms with Gasteiger partial charge in [0.05, 0.1) is 25.0 Å². The first-order valence-corrected chi connectivity index (χ1v) is 10.4. The van der Waals surface area contributed by atoms with Crippen molar-refractivity contribution in [3.63, 3.8) is 0 Å². The van der Waals surface area contributed by atoms with Gasteiger partial charge in [-0.25, -0.2) is 4.98 Å². The Bertz CT molecular complexity index is 1050. The number of hydrogen-bond acceptors (Lipinski definition) is 6. The van der Waals surface area contributed by atoms with Crippen LogP contribution in [0.15, 0.2) is 53.9 Å². The molecule has 0 atom stereocenters. The molecule has 8 heteroatoms. The van der Waals surface area contributed by atoms with Crippen molar-refractivity contribution in [2.45, 2.75) is 12.8 Å². The van der Waals surface area contributed by atoms with Gasteiger partial charge >= 0.3 is 0 Å². The molecule has 0 saturated heterocycles. The fourth-order valence-electron chi connectivity index (χ4n) is 3.19. The van der Waals surface area contributed by atoms with Crippen LogP contribution in [0.5, 0.6) is 11.5 Å². The van der Waals surface area contributed by atoms with Crippen LogP contribution >= 0.6 is 11.3 Å². The number of amides is 2. The predicted molar refractivity (Wildman–Crippen MR) is 116 cm³/mol. The molecule has 0 unspecified atom stereocenters. The summed E-state index contributed by atoms with van der Waals surface area (Å²) >= 11 is 1.35. The van der Waals surface area contributed by atoms with E-state index in [2.05, 4.69) is 10.3 Å². The molecule has 0 fully saturated rings. The molecule has 3 aromatic rings. The lowest BCUT2D eigenvalue weighted by Gasteiger charge is -2.29. The first-order valence-electron chi connectivity index (χ1n) is 9.56. The molecule has 2 aromatic carbocycles. The summed E-state index contributed by atoms with van der Waals surface area (Å²) in [7, 11) is 1.62. The summed E-state index contributed by atoms with van der Waals surface area (Å²) in [4.78, 5) is 31.1. The Balaban J connectivity index is 1.32. The number of nitrogens with zero attached hydrogens (tertiary/aromatic N) is 2. The van der Waals surface area contributed by atoms with Crippen LogP contribution in [0.1, 0.15) is 12.8 Å². The molecule has 0 bridgehead atoms. The molecule has 30 heavy (non-hydrogen) atoms. The predicted octanol–water partition coefficient (Wildman–Crippen LogP) is 3.96. The van der Waals surface area contributed by atoms with E-state index in [0.29, 0.717) is 24.0 Å². The van der Waals surface area contributed by atoms with Crippen LogP contribution in [0.25, 0.3) is 11.3 Å². The van der Waals surface area contributed by atoms with Crippen LogP contribution in [0.2, 0.25) is 0 Å². The van der Waals surface area contributed by atoms with Crippen molar-refractivity contribution < 1.29 is 19.1 Å². The zero-order valence-corrected chi connectivity index (χ0v) is 17.3. The van der Waals surface area contributed by atoms with Gasteiger partial charge in [-0.05, 0) is 36.4 Å². The van der Waals surface area contributed by atoms with E-state index in [4.69, 9.17) is 9.47 Å². The Kier molecular flexibility index (Phi) is 5.94. The molecular weight excluding hydrogens is 402 g/mol. The monoisotopic (exact) mass is 423 g/mol. The smallest absolute Gasteiger partial charge is 0.227 e. The largest absolute Gasteiger partial charge is 0.497 e. The minimum atomic E-state index is -0.236. The number of benzene rings is 2. The molecule has 7 nitrogen and oxygen atoms in total. The highest BCUT2D eigenvalue weighted by atomic mass is 32.1. The summed E-state index contributed by atoms with van der Waals surface area (Å²) in [5.41, 5.74) is 2.46. The topological polar surface area (TPSA) is 80.8 Å². The van der Waals surface area contributed by atoms with Gasteiger partial charge in [0.2, 0.25) is 11.8 Å². The standard InChI is InChI=1S/C22H21N3O4S/c1-28-16-8-6-15(7-9-16)17-14-30-22(23-17)24-20(26)10-11-21(27)25-12-13-29-19-5-3-2-4-18(19)25/h2-9,14H,10-13H2,1H3,(H,23,24,26). The van der Waals surface area contributed by atoms with Gasteiger partial charge < -0.3 is 19.7 Å². The van der Waals surface area contributed by atoms with Crippen molar-refractivity contribution >= 4 is 34.0 Å². The number of hydrogen-bond donors (Lipinski definition) is 1. The molecule has 1 aliphatic rings. The number of methoxy groups -OCH3 is 1. The Labute approximate surface area is 178 Å². The van der Waals surface area contributed by atoms with E-state index in [1.807, 2.05) is 53.9 Å². The molecule has 1 aliphatic heterocycles.